The Kier molecular flexibility index (Phi) is 3.11. The Labute approximate surface area is 112 Å². The van der Waals surface area contributed by atoms with Gasteiger partial charge in [-0.25, -0.2) is 0 Å². The largest absolute Gasteiger partial charge is 0.278 e. The smallest absolute Gasteiger partial charge is 0.0671 e. The van der Waals surface area contributed by atoms with Crippen molar-refractivity contribution in [2.75, 3.05) is 0 Å². The van der Waals surface area contributed by atoms with Crippen LogP contribution in [-0.4, -0.2) is 16.4 Å². The first-order valence-electron chi connectivity index (χ1n) is 6.41. The molecule has 0 bridgehead atoms. The van der Waals surface area contributed by atoms with Crippen LogP contribution in [0.3, 0.4) is 0 Å². The van der Waals surface area contributed by atoms with Crippen LogP contribution in [0.5, 0.6) is 0 Å². The van der Waals surface area contributed by atoms with Gasteiger partial charge in [0, 0.05) is 11.6 Å². The molecule has 94 valence electrons. The molecule has 2 aromatic carbocycles. The molecule has 1 heterocycles. The zero-order chi connectivity index (χ0) is 13.1. The summed E-state index contributed by atoms with van der Waals surface area (Å²) in [6, 6.07) is 14.5. The van der Waals surface area contributed by atoms with Gasteiger partial charge >= 0.3 is 0 Å². The minimum atomic E-state index is 0.927. The highest BCUT2D eigenvalue weighted by Gasteiger charge is 1.96. The van der Waals surface area contributed by atoms with E-state index in [-0.39, 0.29) is 0 Å². The molecule has 19 heavy (non-hydrogen) atoms. The van der Waals surface area contributed by atoms with Gasteiger partial charge in [-0.3, -0.25) is 10.1 Å². The first-order valence-corrected chi connectivity index (χ1v) is 6.41. The van der Waals surface area contributed by atoms with Gasteiger partial charge in [-0.2, -0.15) is 5.10 Å². The van der Waals surface area contributed by atoms with Crippen LogP contribution in [0.2, 0.25) is 0 Å². The monoisotopic (exact) mass is 249 g/mol. The number of rotatable bonds is 3. The van der Waals surface area contributed by atoms with Crippen molar-refractivity contribution in [2.24, 2.45) is 4.99 Å². The van der Waals surface area contributed by atoms with Gasteiger partial charge in [0.05, 0.1) is 17.4 Å². The summed E-state index contributed by atoms with van der Waals surface area (Å²) in [6.07, 6.45) is 4.76. The van der Waals surface area contributed by atoms with Gasteiger partial charge in [0.15, 0.2) is 0 Å². The maximum atomic E-state index is 4.49. The number of hydrogen-bond acceptors (Lipinski definition) is 2. The number of aromatic nitrogens is 2. The van der Waals surface area contributed by atoms with Crippen molar-refractivity contribution >= 4 is 22.8 Å². The van der Waals surface area contributed by atoms with Gasteiger partial charge in [-0.05, 0) is 35.7 Å². The van der Waals surface area contributed by atoms with Crippen molar-refractivity contribution in [2.45, 2.75) is 13.3 Å². The summed E-state index contributed by atoms with van der Waals surface area (Å²) < 4.78 is 0. The summed E-state index contributed by atoms with van der Waals surface area (Å²) in [5.74, 6) is 0. The molecule has 0 spiro atoms. The molecule has 0 amide bonds. The molecule has 1 N–H and O–H groups in total. The molecule has 0 saturated heterocycles. The van der Waals surface area contributed by atoms with Crippen molar-refractivity contribution in [1.82, 2.24) is 10.2 Å². The third-order valence-electron chi connectivity index (χ3n) is 3.18. The maximum Gasteiger partial charge on any atom is 0.0671 e. The van der Waals surface area contributed by atoms with Gasteiger partial charge in [0.25, 0.3) is 0 Å². The van der Waals surface area contributed by atoms with Gasteiger partial charge < -0.3 is 0 Å². The van der Waals surface area contributed by atoms with Crippen molar-refractivity contribution in [3.05, 3.63) is 59.8 Å². The van der Waals surface area contributed by atoms with E-state index in [1.165, 1.54) is 5.56 Å². The highest BCUT2D eigenvalue weighted by Crippen LogP contribution is 2.19. The SMILES string of the molecule is CCc1ccc(C=Nc2ccc3cn[nH]c3c2)cc1. The van der Waals surface area contributed by atoms with Crippen LogP contribution in [0.1, 0.15) is 18.1 Å². The molecule has 0 radical (unpaired) electrons. The summed E-state index contributed by atoms with van der Waals surface area (Å²) in [7, 11) is 0. The van der Waals surface area contributed by atoms with Crippen molar-refractivity contribution in [3.63, 3.8) is 0 Å². The number of H-pyrrole nitrogens is 1. The molecule has 0 saturated carbocycles. The van der Waals surface area contributed by atoms with Gasteiger partial charge in [-0.15, -0.1) is 0 Å². The van der Waals surface area contributed by atoms with E-state index in [2.05, 4.69) is 46.4 Å². The summed E-state index contributed by atoms with van der Waals surface area (Å²) in [4.78, 5) is 4.49. The fourth-order valence-electron chi connectivity index (χ4n) is 1.99. The number of aryl methyl sites for hydroxylation is 1. The Morgan fingerprint density at radius 3 is 2.79 bits per heavy atom. The minimum absolute atomic E-state index is 0.927. The van der Waals surface area contributed by atoms with Crippen molar-refractivity contribution in [1.29, 1.82) is 0 Å². The molecule has 3 heteroatoms. The molecule has 0 aliphatic heterocycles. The summed E-state index contributed by atoms with van der Waals surface area (Å²) in [5, 5.41) is 8.06. The Bertz CT molecular complexity index is 708. The Morgan fingerprint density at radius 1 is 1.16 bits per heavy atom. The zero-order valence-corrected chi connectivity index (χ0v) is 10.8. The number of benzene rings is 2. The third kappa shape index (κ3) is 2.55. The van der Waals surface area contributed by atoms with E-state index in [1.54, 1.807) is 0 Å². The molecule has 1 aromatic heterocycles. The second kappa shape index (κ2) is 5.06. The second-order valence-electron chi connectivity index (χ2n) is 4.49. The summed E-state index contributed by atoms with van der Waals surface area (Å²) in [6.45, 7) is 2.16. The minimum Gasteiger partial charge on any atom is -0.278 e. The first-order chi connectivity index (χ1) is 9.35. The van der Waals surface area contributed by atoms with Crippen LogP contribution in [-0.2, 0) is 6.42 Å². The first kappa shape index (κ1) is 11.7. The molecule has 3 nitrogen and oxygen atoms in total. The van der Waals surface area contributed by atoms with E-state index in [0.717, 1.165) is 28.6 Å². The fraction of sp³-hybridized carbons (Fsp3) is 0.125. The molecule has 0 aliphatic rings. The summed E-state index contributed by atoms with van der Waals surface area (Å²) >= 11 is 0. The van der Waals surface area contributed by atoms with Gasteiger partial charge in [0.1, 0.15) is 0 Å². The third-order valence-corrected chi connectivity index (χ3v) is 3.18. The number of aliphatic imine (C=N–C) groups is 1. The van der Waals surface area contributed by atoms with E-state index in [9.17, 15) is 0 Å². The van der Waals surface area contributed by atoms with Crippen LogP contribution in [0.15, 0.2) is 53.7 Å². The van der Waals surface area contributed by atoms with E-state index in [4.69, 9.17) is 0 Å². The Hall–Kier alpha value is -2.42. The number of fused-ring (bicyclic) bond motifs is 1. The highest BCUT2D eigenvalue weighted by molar-refractivity contribution is 5.85. The average Bonchev–Trinajstić information content (AvgIpc) is 2.93. The molecule has 3 aromatic rings. The van der Waals surface area contributed by atoms with Crippen LogP contribution in [0.25, 0.3) is 10.9 Å². The van der Waals surface area contributed by atoms with Crippen LogP contribution in [0, 0.1) is 0 Å². The van der Waals surface area contributed by atoms with E-state index < -0.39 is 0 Å². The van der Waals surface area contributed by atoms with Gasteiger partial charge in [-0.1, -0.05) is 31.2 Å². The molecule has 0 unspecified atom stereocenters. The van der Waals surface area contributed by atoms with Crippen LogP contribution in [0.4, 0.5) is 5.69 Å². The molecular weight excluding hydrogens is 234 g/mol. The van der Waals surface area contributed by atoms with E-state index in [1.807, 2.05) is 30.6 Å². The lowest BCUT2D eigenvalue weighted by Gasteiger charge is -1.97. The predicted octanol–water partition coefficient (Wildman–Crippen LogP) is 3.88. The molecular formula is C16H15N3. The van der Waals surface area contributed by atoms with E-state index >= 15 is 0 Å². The standard InChI is InChI=1S/C16H15N3/c1-2-12-3-5-13(6-4-12)10-17-15-8-7-14-11-18-19-16(14)9-15/h3-11H,2H2,1H3,(H,18,19). The van der Waals surface area contributed by atoms with E-state index in [0.29, 0.717) is 0 Å². The lowest BCUT2D eigenvalue weighted by molar-refractivity contribution is 1.12. The van der Waals surface area contributed by atoms with Crippen molar-refractivity contribution in [3.8, 4) is 0 Å². The average molecular weight is 249 g/mol. The zero-order valence-electron chi connectivity index (χ0n) is 10.8. The number of nitrogens with one attached hydrogen (secondary N) is 1. The second-order valence-corrected chi connectivity index (χ2v) is 4.49. The molecule has 0 atom stereocenters. The quantitative estimate of drug-likeness (QED) is 0.703. The Morgan fingerprint density at radius 2 is 2.00 bits per heavy atom. The maximum absolute atomic E-state index is 4.49. The fourth-order valence-corrected chi connectivity index (χ4v) is 1.99. The molecule has 3 rings (SSSR count). The van der Waals surface area contributed by atoms with Crippen LogP contribution < -0.4 is 0 Å². The molecule has 0 fully saturated rings. The van der Waals surface area contributed by atoms with Gasteiger partial charge in [0.2, 0.25) is 0 Å². The summed E-state index contributed by atoms with van der Waals surface area (Å²) in [5.41, 5.74) is 4.39. The predicted molar refractivity (Wildman–Crippen MR) is 79.2 cm³/mol. The topological polar surface area (TPSA) is 41.0 Å². The highest BCUT2D eigenvalue weighted by atomic mass is 15.1. The Balaban J connectivity index is 1.84. The number of hydrogen-bond donors (Lipinski definition) is 1. The number of aromatic amines is 1. The lowest BCUT2D eigenvalue weighted by Crippen LogP contribution is -1.83. The van der Waals surface area contributed by atoms with Crippen LogP contribution >= 0.6 is 0 Å². The molecule has 0 aliphatic carbocycles. The van der Waals surface area contributed by atoms with Crippen molar-refractivity contribution < 1.29 is 0 Å². The number of nitrogens with zero attached hydrogens (tertiary/aromatic N) is 2. The normalized spacial score (nSPS) is 11.4. The lowest BCUT2D eigenvalue weighted by atomic mass is 10.1.